The van der Waals surface area contributed by atoms with Crippen LogP contribution in [0.3, 0.4) is 0 Å². The van der Waals surface area contributed by atoms with E-state index < -0.39 is 15.7 Å². The topological polar surface area (TPSA) is 81.4 Å². The van der Waals surface area contributed by atoms with Crippen molar-refractivity contribution in [3.63, 3.8) is 0 Å². The van der Waals surface area contributed by atoms with E-state index in [1.807, 2.05) is 24.3 Å². The number of ether oxygens (including phenoxy) is 1. The first kappa shape index (κ1) is 21.6. The van der Waals surface area contributed by atoms with Crippen LogP contribution in [0.4, 0.5) is 10.3 Å². The zero-order valence-electron chi connectivity index (χ0n) is 17.3. The molecule has 164 valence electrons. The Morgan fingerprint density at radius 2 is 1.66 bits per heavy atom. The Hall–Kier alpha value is -3.65. The molecule has 0 saturated heterocycles. The Bertz CT molecular complexity index is 1290. The Morgan fingerprint density at radius 1 is 0.969 bits per heavy atom. The molecule has 8 heteroatoms. The van der Waals surface area contributed by atoms with Crippen molar-refractivity contribution in [1.82, 2.24) is 4.98 Å². The lowest BCUT2D eigenvalue weighted by atomic mass is 10.1. The standard InChI is InChI=1S/C24H21FN2O4S/c1-30-20-13-7-17(8-14-20)15-16-26-23-24(32(28,29)21-5-3-2-4-6-21)27-22(31-23)18-9-11-19(25)12-10-18/h2-14,26H,15-16H2,1H3. The van der Waals surface area contributed by atoms with Crippen molar-refractivity contribution in [3.05, 3.63) is 90.2 Å². The van der Waals surface area contributed by atoms with Crippen LogP contribution in [0.15, 0.2) is 93.2 Å². The van der Waals surface area contributed by atoms with Crippen molar-refractivity contribution in [3.8, 4) is 17.2 Å². The molecule has 0 fully saturated rings. The maximum absolute atomic E-state index is 13.3. The lowest BCUT2D eigenvalue weighted by molar-refractivity contribution is 0.414. The molecule has 32 heavy (non-hydrogen) atoms. The van der Waals surface area contributed by atoms with Crippen LogP contribution in [0.25, 0.3) is 11.5 Å². The van der Waals surface area contributed by atoms with E-state index >= 15 is 0 Å². The Labute approximate surface area is 185 Å². The highest BCUT2D eigenvalue weighted by Gasteiger charge is 2.28. The highest BCUT2D eigenvalue weighted by Crippen LogP contribution is 2.32. The highest BCUT2D eigenvalue weighted by molar-refractivity contribution is 7.91. The van der Waals surface area contributed by atoms with Gasteiger partial charge in [0.25, 0.3) is 0 Å². The zero-order chi connectivity index (χ0) is 22.6. The minimum absolute atomic E-state index is 0.0432. The van der Waals surface area contributed by atoms with E-state index in [1.165, 1.54) is 36.4 Å². The first-order valence-corrected chi connectivity index (χ1v) is 11.4. The fourth-order valence-electron chi connectivity index (χ4n) is 3.14. The SMILES string of the molecule is COc1ccc(CCNc2oc(-c3ccc(F)cc3)nc2S(=O)(=O)c2ccccc2)cc1. The van der Waals surface area contributed by atoms with Gasteiger partial charge in [0.1, 0.15) is 11.6 Å². The Balaban J connectivity index is 1.63. The van der Waals surface area contributed by atoms with Crippen LogP contribution in [0, 0.1) is 5.82 Å². The number of nitrogens with one attached hydrogen (secondary N) is 1. The number of nitrogens with zero attached hydrogens (tertiary/aromatic N) is 1. The summed E-state index contributed by atoms with van der Waals surface area (Å²) in [5, 5.41) is 2.84. The lowest BCUT2D eigenvalue weighted by Gasteiger charge is -2.07. The number of anilines is 1. The van der Waals surface area contributed by atoms with Crippen LogP contribution in [0.2, 0.25) is 0 Å². The van der Waals surface area contributed by atoms with Crippen molar-refractivity contribution in [2.75, 3.05) is 19.0 Å². The molecule has 4 aromatic rings. The fourth-order valence-corrected chi connectivity index (χ4v) is 4.44. The largest absolute Gasteiger partial charge is 0.497 e. The average molecular weight is 453 g/mol. The summed E-state index contributed by atoms with van der Waals surface area (Å²) in [5.74, 6) is 0.487. The van der Waals surface area contributed by atoms with E-state index in [4.69, 9.17) is 9.15 Å². The van der Waals surface area contributed by atoms with Crippen LogP contribution >= 0.6 is 0 Å². The first-order chi connectivity index (χ1) is 15.5. The second-order valence-electron chi connectivity index (χ2n) is 7.00. The molecule has 0 atom stereocenters. The van der Waals surface area contributed by atoms with Crippen molar-refractivity contribution < 1.29 is 22.0 Å². The molecule has 0 aliphatic rings. The third-order valence-electron chi connectivity index (χ3n) is 4.85. The molecule has 6 nitrogen and oxygen atoms in total. The zero-order valence-corrected chi connectivity index (χ0v) is 18.1. The van der Waals surface area contributed by atoms with Crippen molar-refractivity contribution in [2.45, 2.75) is 16.3 Å². The van der Waals surface area contributed by atoms with Gasteiger partial charge in [-0.05, 0) is 60.5 Å². The van der Waals surface area contributed by atoms with Gasteiger partial charge in [0, 0.05) is 12.1 Å². The lowest BCUT2D eigenvalue weighted by Crippen LogP contribution is -2.09. The quantitative estimate of drug-likeness (QED) is 0.406. The molecule has 0 bridgehead atoms. The molecule has 1 aromatic heterocycles. The van der Waals surface area contributed by atoms with Gasteiger partial charge >= 0.3 is 0 Å². The van der Waals surface area contributed by atoms with Crippen LogP contribution in [-0.2, 0) is 16.3 Å². The predicted molar refractivity (Wildman–Crippen MR) is 119 cm³/mol. The maximum Gasteiger partial charge on any atom is 0.233 e. The molecule has 0 saturated carbocycles. The van der Waals surface area contributed by atoms with Crippen molar-refractivity contribution >= 4 is 15.7 Å². The minimum atomic E-state index is -3.93. The molecule has 0 spiro atoms. The Kier molecular flexibility index (Phi) is 6.23. The predicted octanol–water partition coefficient (Wildman–Crippen LogP) is 4.98. The summed E-state index contributed by atoms with van der Waals surface area (Å²) in [7, 11) is -2.32. The van der Waals surface area contributed by atoms with Gasteiger partial charge in [-0.25, -0.2) is 12.8 Å². The molecule has 1 N–H and O–H groups in total. The first-order valence-electron chi connectivity index (χ1n) is 9.91. The normalized spacial score (nSPS) is 11.3. The van der Waals surface area contributed by atoms with Gasteiger partial charge in [-0.3, -0.25) is 0 Å². The van der Waals surface area contributed by atoms with Gasteiger partial charge in [-0.1, -0.05) is 30.3 Å². The second-order valence-corrected chi connectivity index (χ2v) is 8.87. The van der Waals surface area contributed by atoms with Crippen molar-refractivity contribution in [2.24, 2.45) is 0 Å². The fraction of sp³-hybridized carbons (Fsp3) is 0.125. The third kappa shape index (κ3) is 4.65. The number of aromatic nitrogens is 1. The minimum Gasteiger partial charge on any atom is -0.497 e. The molecular formula is C24H21FN2O4S. The van der Waals surface area contributed by atoms with Crippen LogP contribution in [0.1, 0.15) is 5.56 Å². The number of benzene rings is 3. The smallest absolute Gasteiger partial charge is 0.233 e. The number of sulfone groups is 1. The van der Waals surface area contributed by atoms with Gasteiger partial charge in [-0.15, -0.1) is 0 Å². The summed E-state index contributed by atoms with van der Waals surface area (Å²) in [6.45, 7) is 0.418. The van der Waals surface area contributed by atoms with Gasteiger partial charge in [0.15, 0.2) is 0 Å². The molecule has 0 aliphatic carbocycles. The number of methoxy groups -OCH3 is 1. The molecule has 0 unspecified atom stereocenters. The number of oxazole rings is 1. The van der Waals surface area contributed by atoms with Crippen molar-refractivity contribution in [1.29, 1.82) is 0 Å². The van der Waals surface area contributed by atoms with Crippen LogP contribution in [-0.4, -0.2) is 27.1 Å². The third-order valence-corrected chi connectivity index (χ3v) is 6.53. The van der Waals surface area contributed by atoms with E-state index in [0.717, 1.165) is 11.3 Å². The molecule has 0 aliphatic heterocycles. The average Bonchev–Trinajstić information content (AvgIpc) is 3.25. The van der Waals surface area contributed by atoms with E-state index in [0.29, 0.717) is 18.5 Å². The highest BCUT2D eigenvalue weighted by atomic mass is 32.2. The van der Waals surface area contributed by atoms with E-state index in [2.05, 4.69) is 10.3 Å². The molecule has 1 heterocycles. The summed E-state index contributed by atoms with van der Waals surface area (Å²) in [4.78, 5) is 4.36. The van der Waals surface area contributed by atoms with Crippen LogP contribution < -0.4 is 10.1 Å². The summed E-state index contributed by atoms with van der Waals surface area (Å²) in [6.07, 6.45) is 0.626. The van der Waals surface area contributed by atoms with Gasteiger partial charge in [-0.2, -0.15) is 4.98 Å². The van der Waals surface area contributed by atoms with Gasteiger partial charge in [0.05, 0.1) is 12.0 Å². The summed E-state index contributed by atoms with van der Waals surface area (Å²) >= 11 is 0. The maximum atomic E-state index is 13.3. The van der Waals surface area contributed by atoms with E-state index in [9.17, 15) is 12.8 Å². The molecule has 3 aromatic carbocycles. The van der Waals surface area contributed by atoms with Crippen LogP contribution in [0.5, 0.6) is 5.75 Å². The number of halogens is 1. The number of hydrogen-bond acceptors (Lipinski definition) is 6. The molecule has 0 amide bonds. The molecular weight excluding hydrogens is 431 g/mol. The summed E-state index contributed by atoms with van der Waals surface area (Å²) in [5.41, 5.74) is 1.52. The summed E-state index contributed by atoms with van der Waals surface area (Å²) < 4.78 is 50.7. The molecule has 4 rings (SSSR count). The second kappa shape index (κ2) is 9.23. The Morgan fingerprint density at radius 3 is 2.31 bits per heavy atom. The van der Waals surface area contributed by atoms with Gasteiger partial charge < -0.3 is 14.5 Å². The monoisotopic (exact) mass is 452 g/mol. The molecule has 0 radical (unpaired) electrons. The van der Waals surface area contributed by atoms with E-state index in [-0.39, 0.29) is 21.7 Å². The number of hydrogen-bond donors (Lipinski definition) is 1. The van der Waals surface area contributed by atoms with E-state index in [1.54, 1.807) is 25.3 Å². The summed E-state index contributed by atoms with van der Waals surface area (Å²) in [6, 6.07) is 21.1. The number of rotatable bonds is 8. The van der Waals surface area contributed by atoms with Gasteiger partial charge in [0.2, 0.25) is 26.6 Å².